The van der Waals surface area contributed by atoms with E-state index < -0.39 is 18.2 Å². The Labute approximate surface area is 135 Å². The first-order valence-electron chi connectivity index (χ1n) is 7.45. The van der Waals surface area contributed by atoms with Crippen LogP contribution in [0.1, 0.15) is 29.7 Å². The maximum Gasteiger partial charge on any atom is 0.319 e. The first-order chi connectivity index (χ1) is 10.9. The van der Waals surface area contributed by atoms with E-state index in [4.69, 9.17) is 0 Å². The van der Waals surface area contributed by atoms with Crippen LogP contribution in [0, 0.1) is 19.7 Å². The Morgan fingerprint density at radius 1 is 1.13 bits per heavy atom. The van der Waals surface area contributed by atoms with Gasteiger partial charge in [0.05, 0.1) is 12.1 Å². The number of hydrogen-bond donors (Lipinski definition) is 3. The summed E-state index contributed by atoms with van der Waals surface area (Å²) in [5, 5.41) is 15.7. The van der Waals surface area contributed by atoms with Gasteiger partial charge >= 0.3 is 6.03 Å². The molecule has 2 amide bonds. The lowest BCUT2D eigenvalue weighted by Gasteiger charge is -2.21. The number of hydrogen-bond acceptors (Lipinski definition) is 2. The van der Waals surface area contributed by atoms with Crippen LogP contribution < -0.4 is 10.6 Å². The van der Waals surface area contributed by atoms with Crippen molar-refractivity contribution in [1.29, 1.82) is 0 Å². The molecule has 4 nitrogen and oxygen atoms in total. The molecule has 5 heteroatoms. The van der Waals surface area contributed by atoms with Crippen molar-refractivity contribution in [1.82, 2.24) is 5.32 Å². The minimum atomic E-state index is -0.916. The molecule has 0 heterocycles. The summed E-state index contributed by atoms with van der Waals surface area (Å²) in [6.45, 7) is 5.59. The number of rotatable bonds is 4. The number of anilines is 1. The summed E-state index contributed by atoms with van der Waals surface area (Å²) < 4.78 is 12.9. The van der Waals surface area contributed by atoms with Gasteiger partial charge < -0.3 is 15.7 Å². The van der Waals surface area contributed by atoms with Gasteiger partial charge in [-0.25, -0.2) is 9.18 Å². The molecule has 0 saturated carbocycles. The maximum atomic E-state index is 12.9. The molecule has 0 aliphatic carbocycles. The number of amides is 2. The van der Waals surface area contributed by atoms with Gasteiger partial charge in [-0.3, -0.25) is 0 Å². The largest absolute Gasteiger partial charge is 0.386 e. The monoisotopic (exact) mass is 316 g/mol. The van der Waals surface area contributed by atoms with E-state index >= 15 is 0 Å². The van der Waals surface area contributed by atoms with E-state index in [1.165, 1.54) is 24.3 Å². The van der Waals surface area contributed by atoms with Crippen molar-refractivity contribution in [2.45, 2.75) is 32.9 Å². The van der Waals surface area contributed by atoms with Crippen LogP contribution in [0.3, 0.4) is 0 Å². The maximum absolute atomic E-state index is 12.9. The van der Waals surface area contributed by atoms with Gasteiger partial charge in [0.15, 0.2) is 0 Å². The number of halogens is 1. The van der Waals surface area contributed by atoms with E-state index in [1.807, 2.05) is 32.0 Å². The highest BCUT2D eigenvalue weighted by Gasteiger charge is 2.18. The van der Waals surface area contributed by atoms with E-state index in [9.17, 15) is 14.3 Å². The van der Waals surface area contributed by atoms with Gasteiger partial charge in [0.2, 0.25) is 0 Å². The van der Waals surface area contributed by atoms with Crippen molar-refractivity contribution in [2.24, 2.45) is 0 Å². The van der Waals surface area contributed by atoms with E-state index in [1.54, 1.807) is 6.92 Å². The van der Waals surface area contributed by atoms with Crippen LogP contribution in [0.25, 0.3) is 0 Å². The summed E-state index contributed by atoms with van der Waals surface area (Å²) in [5.41, 5.74) is 3.35. The summed E-state index contributed by atoms with van der Waals surface area (Å²) in [6.07, 6.45) is -0.916. The topological polar surface area (TPSA) is 61.4 Å². The fourth-order valence-electron chi connectivity index (χ4n) is 2.35. The molecule has 2 aromatic carbocycles. The number of carbonyl (C=O) groups excluding carboxylic acids is 1. The lowest BCUT2D eigenvalue weighted by atomic mass is 10.0. The Kier molecular flexibility index (Phi) is 5.34. The molecule has 2 unspecified atom stereocenters. The highest BCUT2D eigenvalue weighted by molar-refractivity contribution is 5.90. The first-order valence-corrected chi connectivity index (χ1v) is 7.45. The second kappa shape index (κ2) is 7.24. The molecule has 0 fully saturated rings. The Hall–Kier alpha value is -2.40. The zero-order valence-electron chi connectivity index (χ0n) is 13.4. The molecule has 23 heavy (non-hydrogen) atoms. The number of aliphatic hydroxyl groups is 1. The third-order valence-corrected chi connectivity index (χ3v) is 3.67. The predicted octanol–water partition coefficient (Wildman–Crippen LogP) is 3.69. The third kappa shape index (κ3) is 4.53. The highest BCUT2D eigenvalue weighted by atomic mass is 19.1. The second-order valence-corrected chi connectivity index (χ2v) is 5.70. The van der Waals surface area contributed by atoms with Crippen molar-refractivity contribution >= 4 is 11.7 Å². The van der Waals surface area contributed by atoms with Gasteiger partial charge in [0, 0.05) is 5.69 Å². The molecule has 122 valence electrons. The van der Waals surface area contributed by atoms with Gasteiger partial charge in [-0.15, -0.1) is 0 Å². The van der Waals surface area contributed by atoms with Crippen molar-refractivity contribution in [3.8, 4) is 0 Å². The Bertz CT molecular complexity index is 686. The van der Waals surface area contributed by atoms with E-state index in [0.29, 0.717) is 5.56 Å². The van der Waals surface area contributed by atoms with Crippen LogP contribution in [-0.2, 0) is 0 Å². The minimum absolute atomic E-state index is 0.367. The molecule has 2 aromatic rings. The minimum Gasteiger partial charge on any atom is -0.386 e. The summed E-state index contributed by atoms with van der Waals surface area (Å²) >= 11 is 0. The molecule has 0 spiro atoms. The Morgan fingerprint density at radius 3 is 2.39 bits per heavy atom. The average Bonchev–Trinajstić information content (AvgIpc) is 2.50. The third-order valence-electron chi connectivity index (χ3n) is 3.67. The van der Waals surface area contributed by atoms with Gasteiger partial charge in [0.25, 0.3) is 0 Å². The SMILES string of the molecule is Cc1ccc(NC(=O)NC(C)C(O)c2ccc(F)cc2)c(C)c1. The van der Waals surface area contributed by atoms with Crippen LogP contribution in [0.15, 0.2) is 42.5 Å². The molecule has 0 aliphatic heterocycles. The number of carbonyl (C=O) groups is 1. The fourth-order valence-corrected chi connectivity index (χ4v) is 2.35. The number of aryl methyl sites for hydroxylation is 2. The van der Waals surface area contributed by atoms with Gasteiger partial charge in [-0.2, -0.15) is 0 Å². The summed E-state index contributed by atoms with van der Waals surface area (Å²) in [4.78, 5) is 12.1. The van der Waals surface area contributed by atoms with E-state index in [-0.39, 0.29) is 5.82 Å². The summed E-state index contributed by atoms with van der Waals surface area (Å²) in [5.74, 6) is -0.367. The predicted molar refractivity (Wildman–Crippen MR) is 88.9 cm³/mol. The zero-order valence-corrected chi connectivity index (χ0v) is 13.4. The van der Waals surface area contributed by atoms with Crippen LogP contribution in [0.5, 0.6) is 0 Å². The molecule has 0 aromatic heterocycles. The smallest absolute Gasteiger partial charge is 0.319 e. The molecular weight excluding hydrogens is 295 g/mol. The molecule has 0 radical (unpaired) electrons. The van der Waals surface area contributed by atoms with Crippen molar-refractivity contribution in [3.05, 3.63) is 65.0 Å². The molecule has 0 saturated heterocycles. The van der Waals surface area contributed by atoms with Crippen LogP contribution in [0.2, 0.25) is 0 Å². The first kappa shape index (κ1) is 17.0. The molecule has 0 aliphatic rings. The average molecular weight is 316 g/mol. The molecular formula is C18H21FN2O2. The normalized spacial score (nSPS) is 13.3. The van der Waals surface area contributed by atoms with Crippen molar-refractivity contribution < 1.29 is 14.3 Å². The van der Waals surface area contributed by atoms with Crippen LogP contribution in [-0.4, -0.2) is 17.2 Å². The number of benzene rings is 2. The lowest BCUT2D eigenvalue weighted by molar-refractivity contribution is 0.139. The molecule has 2 atom stereocenters. The highest BCUT2D eigenvalue weighted by Crippen LogP contribution is 2.18. The molecule has 0 bridgehead atoms. The van der Waals surface area contributed by atoms with E-state index in [0.717, 1.165) is 16.8 Å². The van der Waals surface area contributed by atoms with Gasteiger partial charge in [-0.1, -0.05) is 29.8 Å². The Morgan fingerprint density at radius 2 is 1.78 bits per heavy atom. The van der Waals surface area contributed by atoms with Gasteiger partial charge in [-0.05, 0) is 50.1 Å². The molecule has 3 N–H and O–H groups in total. The Balaban J connectivity index is 1.97. The quantitative estimate of drug-likeness (QED) is 0.805. The van der Waals surface area contributed by atoms with Crippen LogP contribution in [0.4, 0.5) is 14.9 Å². The number of nitrogens with one attached hydrogen (secondary N) is 2. The standard InChI is InChI=1S/C18H21FN2O2/c1-11-4-9-16(12(2)10-11)21-18(23)20-13(3)17(22)14-5-7-15(19)8-6-14/h4-10,13,17,22H,1-3H3,(H2,20,21,23). The van der Waals surface area contributed by atoms with Crippen LogP contribution >= 0.6 is 0 Å². The number of urea groups is 1. The number of aliphatic hydroxyl groups excluding tert-OH is 1. The summed E-state index contributed by atoms with van der Waals surface area (Å²) in [7, 11) is 0. The van der Waals surface area contributed by atoms with Crippen molar-refractivity contribution in [3.63, 3.8) is 0 Å². The fraction of sp³-hybridized carbons (Fsp3) is 0.278. The summed E-state index contributed by atoms with van der Waals surface area (Å²) in [6, 6.07) is 10.4. The lowest BCUT2D eigenvalue weighted by Crippen LogP contribution is -2.39. The van der Waals surface area contributed by atoms with Crippen molar-refractivity contribution in [2.75, 3.05) is 5.32 Å². The van der Waals surface area contributed by atoms with E-state index in [2.05, 4.69) is 10.6 Å². The zero-order chi connectivity index (χ0) is 17.0. The second-order valence-electron chi connectivity index (χ2n) is 5.70. The molecule has 2 rings (SSSR count). The van der Waals surface area contributed by atoms with Gasteiger partial charge in [0.1, 0.15) is 5.82 Å².